The van der Waals surface area contributed by atoms with Crippen molar-refractivity contribution in [2.75, 3.05) is 20.4 Å². The van der Waals surface area contributed by atoms with E-state index in [1.807, 2.05) is 0 Å². The van der Waals surface area contributed by atoms with Crippen LogP contribution in [0.4, 0.5) is 5.69 Å². The summed E-state index contributed by atoms with van der Waals surface area (Å²) in [6.07, 6.45) is 0.00171. The molecule has 0 unspecified atom stereocenters. The number of ether oxygens (including phenoxy) is 3. The molecule has 2 aromatic carbocycles. The van der Waals surface area contributed by atoms with Crippen LogP contribution in [-0.4, -0.2) is 42.1 Å². The highest BCUT2D eigenvalue weighted by atomic mass is 16.7. The number of amides is 1. The average molecular weight is 386 g/mol. The molecular weight excluding hydrogens is 368 g/mol. The molecule has 1 aliphatic heterocycles. The number of carbonyl (C=O) groups excluding carboxylic acids is 2. The Bertz CT molecular complexity index is 913. The lowest BCUT2D eigenvalue weighted by Crippen LogP contribution is -2.32. The minimum Gasteiger partial charge on any atom is -0.469 e. The Morgan fingerprint density at radius 2 is 1.96 bits per heavy atom. The van der Waals surface area contributed by atoms with Crippen molar-refractivity contribution in [3.05, 3.63) is 63.7 Å². The van der Waals surface area contributed by atoms with Gasteiger partial charge in [-0.1, -0.05) is 12.1 Å². The Kier molecular flexibility index (Phi) is 5.73. The summed E-state index contributed by atoms with van der Waals surface area (Å²) in [5.41, 5.74) is 0.759. The summed E-state index contributed by atoms with van der Waals surface area (Å²) >= 11 is 0. The number of non-ortho nitro benzene ring substituents is 1. The second-order valence-electron chi connectivity index (χ2n) is 6.05. The normalized spacial score (nSPS) is 11.8. The molecule has 0 atom stereocenters. The minimum absolute atomic E-state index is 0.00171. The van der Waals surface area contributed by atoms with Crippen molar-refractivity contribution in [2.45, 2.75) is 13.0 Å². The molecule has 28 heavy (non-hydrogen) atoms. The van der Waals surface area contributed by atoms with Crippen LogP contribution in [-0.2, 0) is 16.1 Å². The Labute approximate surface area is 160 Å². The molecule has 0 fully saturated rings. The van der Waals surface area contributed by atoms with Crippen LogP contribution in [0.15, 0.2) is 42.5 Å². The van der Waals surface area contributed by atoms with Crippen LogP contribution in [0.1, 0.15) is 22.3 Å². The van der Waals surface area contributed by atoms with E-state index in [1.54, 1.807) is 18.2 Å². The van der Waals surface area contributed by atoms with Gasteiger partial charge in [-0.25, -0.2) is 0 Å². The van der Waals surface area contributed by atoms with E-state index in [0.29, 0.717) is 11.5 Å². The third kappa shape index (κ3) is 4.37. The number of benzene rings is 2. The van der Waals surface area contributed by atoms with Crippen LogP contribution in [0, 0.1) is 10.1 Å². The number of methoxy groups -OCH3 is 1. The molecule has 146 valence electrons. The second-order valence-corrected chi connectivity index (χ2v) is 6.05. The molecule has 9 nitrogen and oxygen atoms in total. The summed E-state index contributed by atoms with van der Waals surface area (Å²) in [4.78, 5) is 36.4. The topological polar surface area (TPSA) is 108 Å². The first-order valence-corrected chi connectivity index (χ1v) is 8.47. The van der Waals surface area contributed by atoms with E-state index in [0.717, 1.165) is 5.56 Å². The van der Waals surface area contributed by atoms with Crippen LogP contribution in [0.3, 0.4) is 0 Å². The number of nitrogens with zero attached hydrogens (tertiary/aromatic N) is 2. The molecule has 2 aromatic rings. The predicted molar refractivity (Wildman–Crippen MR) is 97.0 cm³/mol. The molecule has 0 saturated carbocycles. The van der Waals surface area contributed by atoms with E-state index in [2.05, 4.69) is 4.74 Å². The number of esters is 1. The quantitative estimate of drug-likeness (QED) is 0.409. The summed E-state index contributed by atoms with van der Waals surface area (Å²) in [5, 5.41) is 11.0. The smallest absolute Gasteiger partial charge is 0.307 e. The molecule has 9 heteroatoms. The van der Waals surface area contributed by atoms with Gasteiger partial charge in [0, 0.05) is 30.8 Å². The molecule has 0 aliphatic carbocycles. The van der Waals surface area contributed by atoms with Gasteiger partial charge in [0.15, 0.2) is 11.5 Å². The summed E-state index contributed by atoms with van der Waals surface area (Å²) in [6.45, 7) is 0.426. The van der Waals surface area contributed by atoms with Crippen LogP contribution in [0.5, 0.6) is 11.5 Å². The van der Waals surface area contributed by atoms with Crippen LogP contribution in [0.25, 0.3) is 0 Å². The Balaban J connectivity index is 1.83. The average Bonchev–Trinajstić information content (AvgIpc) is 3.18. The van der Waals surface area contributed by atoms with Crippen molar-refractivity contribution in [3.8, 4) is 11.5 Å². The molecule has 0 saturated heterocycles. The first-order chi connectivity index (χ1) is 13.5. The minimum atomic E-state index is -0.562. The van der Waals surface area contributed by atoms with E-state index in [1.165, 1.54) is 36.3 Å². The number of carbonyl (C=O) groups is 2. The molecular formula is C19H18N2O7. The van der Waals surface area contributed by atoms with Gasteiger partial charge in [-0.3, -0.25) is 19.7 Å². The summed E-state index contributed by atoms with van der Waals surface area (Å²) in [6, 6.07) is 10.8. The van der Waals surface area contributed by atoms with Crippen molar-refractivity contribution in [1.82, 2.24) is 4.90 Å². The number of hydrogen-bond acceptors (Lipinski definition) is 7. The largest absolute Gasteiger partial charge is 0.469 e. The third-order valence-electron chi connectivity index (χ3n) is 4.22. The molecule has 1 heterocycles. The highest BCUT2D eigenvalue weighted by Crippen LogP contribution is 2.33. The van der Waals surface area contributed by atoms with Crippen molar-refractivity contribution in [1.29, 1.82) is 0 Å². The van der Waals surface area contributed by atoms with Gasteiger partial charge in [-0.15, -0.1) is 0 Å². The summed E-state index contributed by atoms with van der Waals surface area (Å²) < 4.78 is 15.3. The van der Waals surface area contributed by atoms with E-state index < -0.39 is 16.8 Å². The Morgan fingerprint density at radius 3 is 2.71 bits per heavy atom. The van der Waals surface area contributed by atoms with Gasteiger partial charge in [-0.05, 0) is 23.8 Å². The highest BCUT2D eigenvalue weighted by Gasteiger charge is 2.21. The van der Waals surface area contributed by atoms with Crippen LogP contribution >= 0.6 is 0 Å². The first kappa shape index (κ1) is 19.2. The highest BCUT2D eigenvalue weighted by molar-refractivity contribution is 5.95. The zero-order valence-corrected chi connectivity index (χ0v) is 15.1. The van der Waals surface area contributed by atoms with Gasteiger partial charge in [0.1, 0.15) is 0 Å². The van der Waals surface area contributed by atoms with Crippen molar-refractivity contribution in [2.24, 2.45) is 0 Å². The molecule has 1 aliphatic rings. The number of hydrogen-bond donors (Lipinski definition) is 0. The fraction of sp³-hybridized carbons (Fsp3) is 0.263. The molecule has 0 radical (unpaired) electrons. The van der Waals surface area contributed by atoms with E-state index in [9.17, 15) is 19.7 Å². The maximum absolute atomic E-state index is 13.0. The SMILES string of the molecule is COC(=O)CCN(Cc1ccc2c(c1)OCO2)C(=O)c1cccc([N+](=O)[O-])c1. The molecule has 1 amide bonds. The van der Waals surface area contributed by atoms with Crippen molar-refractivity contribution < 1.29 is 28.7 Å². The van der Waals surface area contributed by atoms with Gasteiger partial charge >= 0.3 is 5.97 Å². The predicted octanol–water partition coefficient (Wildman–Crippen LogP) is 2.53. The molecule has 0 aromatic heterocycles. The van der Waals surface area contributed by atoms with E-state index >= 15 is 0 Å². The number of nitro groups is 1. The molecule has 0 spiro atoms. The zero-order valence-electron chi connectivity index (χ0n) is 15.1. The fourth-order valence-corrected chi connectivity index (χ4v) is 2.78. The lowest BCUT2D eigenvalue weighted by molar-refractivity contribution is -0.384. The maximum atomic E-state index is 13.0. The monoisotopic (exact) mass is 386 g/mol. The van der Waals surface area contributed by atoms with E-state index in [-0.39, 0.29) is 37.6 Å². The Hall–Kier alpha value is -3.62. The second kappa shape index (κ2) is 8.38. The van der Waals surface area contributed by atoms with Gasteiger partial charge < -0.3 is 19.1 Å². The van der Waals surface area contributed by atoms with Gasteiger partial charge in [0.05, 0.1) is 18.5 Å². The van der Waals surface area contributed by atoms with Crippen LogP contribution < -0.4 is 9.47 Å². The van der Waals surface area contributed by atoms with Crippen molar-refractivity contribution >= 4 is 17.6 Å². The molecule has 0 bridgehead atoms. The lowest BCUT2D eigenvalue weighted by atomic mass is 10.1. The lowest BCUT2D eigenvalue weighted by Gasteiger charge is -2.22. The molecule has 3 rings (SSSR count). The maximum Gasteiger partial charge on any atom is 0.307 e. The first-order valence-electron chi connectivity index (χ1n) is 8.47. The summed E-state index contributed by atoms with van der Waals surface area (Å²) in [7, 11) is 1.27. The van der Waals surface area contributed by atoms with Gasteiger partial charge in [0.2, 0.25) is 6.79 Å². The fourth-order valence-electron chi connectivity index (χ4n) is 2.78. The van der Waals surface area contributed by atoms with E-state index in [4.69, 9.17) is 9.47 Å². The zero-order chi connectivity index (χ0) is 20.1. The number of rotatable bonds is 7. The molecule has 0 N–H and O–H groups in total. The third-order valence-corrected chi connectivity index (χ3v) is 4.22. The Morgan fingerprint density at radius 1 is 1.18 bits per heavy atom. The number of nitro benzene ring substituents is 1. The van der Waals surface area contributed by atoms with Gasteiger partial charge in [-0.2, -0.15) is 0 Å². The van der Waals surface area contributed by atoms with Crippen molar-refractivity contribution in [3.63, 3.8) is 0 Å². The number of fused-ring (bicyclic) bond motifs is 1. The summed E-state index contributed by atoms with van der Waals surface area (Å²) in [5.74, 6) is 0.316. The van der Waals surface area contributed by atoms with Gasteiger partial charge in [0.25, 0.3) is 11.6 Å². The standard InChI is InChI=1S/C19H18N2O7/c1-26-18(22)7-8-20(11-13-5-6-16-17(9-13)28-12-27-16)19(23)14-3-2-4-15(10-14)21(24)25/h2-6,9-10H,7-8,11-12H2,1H3. The van der Waals surface area contributed by atoms with Crippen LogP contribution in [0.2, 0.25) is 0 Å².